The number of carbonyl (C=O) groups is 1. The van der Waals surface area contributed by atoms with Gasteiger partial charge in [0.2, 0.25) is 0 Å². The second kappa shape index (κ2) is 7.53. The Morgan fingerprint density at radius 1 is 1.45 bits per heavy atom. The first kappa shape index (κ1) is 17.4. The van der Waals surface area contributed by atoms with Crippen molar-refractivity contribution in [2.24, 2.45) is 4.99 Å². The zero-order valence-corrected chi connectivity index (χ0v) is 14.7. The zero-order chi connectivity index (χ0) is 16.3. The highest BCUT2D eigenvalue weighted by atomic mass is 35.5. The van der Waals surface area contributed by atoms with Gasteiger partial charge >= 0.3 is 5.97 Å². The second-order valence-electron chi connectivity index (χ2n) is 5.02. The Bertz CT molecular complexity index is 656. The van der Waals surface area contributed by atoms with Crippen molar-refractivity contribution in [3.63, 3.8) is 0 Å². The summed E-state index contributed by atoms with van der Waals surface area (Å²) < 4.78 is 0. The molecule has 1 aliphatic rings. The highest BCUT2D eigenvalue weighted by Crippen LogP contribution is 2.40. The molecule has 1 N–H and O–H groups in total. The van der Waals surface area contributed by atoms with Crippen LogP contribution in [0.2, 0.25) is 10.0 Å². The molecule has 0 amide bonds. The molecule has 1 unspecified atom stereocenters. The van der Waals surface area contributed by atoms with Gasteiger partial charge in [0, 0.05) is 23.1 Å². The Labute approximate surface area is 144 Å². The number of benzene rings is 1. The summed E-state index contributed by atoms with van der Waals surface area (Å²) in [6.45, 7) is 3.83. The highest BCUT2D eigenvalue weighted by Gasteiger charge is 2.31. The molecule has 1 aromatic rings. The topological polar surface area (TPSA) is 49.7 Å². The maximum absolute atomic E-state index is 11.7. The molecule has 1 atom stereocenters. The molecule has 3 nitrogen and oxygen atoms in total. The molecule has 0 fully saturated rings. The molecule has 6 heteroatoms. The lowest BCUT2D eigenvalue weighted by molar-refractivity contribution is -0.133. The molecular formula is C16H17Cl2NO2S. The lowest BCUT2D eigenvalue weighted by atomic mass is 9.84. The van der Waals surface area contributed by atoms with Gasteiger partial charge in [-0.15, -0.1) is 0 Å². The number of aliphatic carboxylic acids is 1. The van der Waals surface area contributed by atoms with Gasteiger partial charge in [-0.2, -0.15) is 11.8 Å². The van der Waals surface area contributed by atoms with Gasteiger partial charge in [0.15, 0.2) is 0 Å². The van der Waals surface area contributed by atoms with Crippen LogP contribution in [0.4, 0.5) is 0 Å². The number of hydrogen-bond donors (Lipinski definition) is 1. The Balaban J connectivity index is 2.47. The Hall–Kier alpha value is -0.970. The number of aliphatic imine (C=N–C) groups is 1. The van der Waals surface area contributed by atoms with Crippen molar-refractivity contribution in [1.29, 1.82) is 0 Å². The largest absolute Gasteiger partial charge is 0.478 e. The lowest BCUT2D eigenvalue weighted by Crippen LogP contribution is -2.22. The van der Waals surface area contributed by atoms with E-state index in [-0.39, 0.29) is 5.92 Å². The molecule has 0 bridgehead atoms. The molecule has 0 saturated heterocycles. The smallest absolute Gasteiger partial charge is 0.334 e. The average molecular weight is 358 g/mol. The zero-order valence-electron chi connectivity index (χ0n) is 12.4. The molecule has 1 aliphatic heterocycles. The Morgan fingerprint density at radius 2 is 2.18 bits per heavy atom. The monoisotopic (exact) mass is 357 g/mol. The van der Waals surface area contributed by atoms with Crippen LogP contribution >= 0.6 is 35.0 Å². The molecule has 0 aliphatic carbocycles. The van der Waals surface area contributed by atoms with Crippen molar-refractivity contribution in [2.75, 3.05) is 11.5 Å². The minimum atomic E-state index is -0.954. The van der Waals surface area contributed by atoms with Crippen molar-refractivity contribution in [3.8, 4) is 0 Å². The lowest BCUT2D eigenvalue weighted by Gasteiger charge is -2.25. The maximum Gasteiger partial charge on any atom is 0.334 e. The molecule has 0 spiro atoms. The van der Waals surface area contributed by atoms with E-state index in [9.17, 15) is 9.90 Å². The highest BCUT2D eigenvalue weighted by molar-refractivity contribution is 7.99. The van der Waals surface area contributed by atoms with Crippen LogP contribution < -0.4 is 0 Å². The van der Waals surface area contributed by atoms with E-state index in [0.29, 0.717) is 27.7 Å². The van der Waals surface area contributed by atoms with Gasteiger partial charge < -0.3 is 5.11 Å². The molecule has 22 heavy (non-hydrogen) atoms. The van der Waals surface area contributed by atoms with Gasteiger partial charge in [0.05, 0.1) is 15.6 Å². The average Bonchev–Trinajstić information content (AvgIpc) is 2.46. The molecule has 1 heterocycles. The fourth-order valence-corrected chi connectivity index (χ4v) is 3.66. The number of carboxylic acid groups (broad SMARTS) is 1. The molecule has 1 aromatic carbocycles. The van der Waals surface area contributed by atoms with Gasteiger partial charge in [0.1, 0.15) is 0 Å². The SMILES string of the molecule is CCSCC1=NC(C)=C(C(=O)O)C(c2cccc(Cl)c2Cl)C1. The van der Waals surface area contributed by atoms with Crippen LogP contribution in [0.1, 0.15) is 31.7 Å². The fourth-order valence-electron chi connectivity index (χ4n) is 2.60. The number of nitrogens with zero attached hydrogens (tertiary/aromatic N) is 1. The van der Waals surface area contributed by atoms with E-state index in [4.69, 9.17) is 23.2 Å². The number of rotatable bonds is 5. The molecule has 0 radical (unpaired) electrons. The van der Waals surface area contributed by atoms with Crippen LogP contribution in [0.5, 0.6) is 0 Å². The van der Waals surface area contributed by atoms with Crippen molar-refractivity contribution in [2.45, 2.75) is 26.2 Å². The molecule has 0 aromatic heterocycles. The summed E-state index contributed by atoms with van der Waals surface area (Å²) in [4.78, 5) is 16.1. The first-order valence-corrected chi connectivity index (χ1v) is 8.88. The molecule has 118 valence electrons. The van der Waals surface area contributed by atoms with Crippen LogP contribution in [-0.2, 0) is 4.79 Å². The summed E-state index contributed by atoms with van der Waals surface area (Å²) in [5.41, 5.74) is 2.59. The van der Waals surface area contributed by atoms with Crippen LogP contribution in [0.3, 0.4) is 0 Å². The fraction of sp³-hybridized carbons (Fsp3) is 0.375. The van der Waals surface area contributed by atoms with Crippen molar-refractivity contribution >= 4 is 46.6 Å². The number of allylic oxidation sites excluding steroid dienone is 1. The number of halogens is 2. The summed E-state index contributed by atoms with van der Waals surface area (Å²) in [6.07, 6.45) is 0.562. The van der Waals surface area contributed by atoms with E-state index in [1.54, 1.807) is 30.8 Å². The van der Waals surface area contributed by atoms with Gasteiger partial charge in [-0.05, 0) is 30.7 Å². The summed E-state index contributed by atoms with van der Waals surface area (Å²) in [6, 6.07) is 5.34. The van der Waals surface area contributed by atoms with Crippen LogP contribution in [-0.4, -0.2) is 28.3 Å². The summed E-state index contributed by atoms with van der Waals surface area (Å²) in [7, 11) is 0. The van der Waals surface area contributed by atoms with E-state index in [0.717, 1.165) is 22.8 Å². The maximum atomic E-state index is 11.7. The van der Waals surface area contributed by atoms with Gasteiger partial charge in [-0.3, -0.25) is 4.99 Å². The first-order chi connectivity index (χ1) is 10.5. The number of carboxylic acids is 1. The van der Waals surface area contributed by atoms with Crippen LogP contribution in [0, 0.1) is 0 Å². The third-order valence-corrected chi connectivity index (χ3v) is 5.34. The predicted octanol–water partition coefficient (Wildman–Crippen LogP) is 5.03. The van der Waals surface area contributed by atoms with E-state index < -0.39 is 5.97 Å². The van der Waals surface area contributed by atoms with E-state index in [1.807, 2.05) is 6.07 Å². The summed E-state index contributed by atoms with van der Waals surface area (Å²) >= 11 is 14.2. The van der Waals surface area contributed by atoms with Crippen molar-refractivity contribution in [3.05, 3.63) is 45.1 Å². The van der Waals surface area contributed by atoms with Crippen molar-refractivity contribution < 1.29 is 9.90 Å². The van der Waals surface area contributed by atoms with E-state index in [1.165, 1.54) is 0 Å². The quantitative estimate of drug-likeness (QED) is 0.803. The third-order valence-electron chi connectivity index (χ3n) is 3.56. The normalized spacial score (nSPS) is 18.4. The third kappa shape index (κ3) is 3.67. The van der Waals surface area contributed by atoms with Crippen LogP contribution in [0.15, 0.2) is 34.5 Å². The molecular weight excluding hydrogens is 341 g/mol. The second-order valence-corrected chi connectivity index (χ2v) is 7.08. The minimum Gasteiger partial charge on any atom is -0.478 e. The van der Waals surface area contributed by atoms with Crippen LogP contribution in [0.25, 0.3) is 0 Å². The standard InChI is InChI=1S/C16H17Cl2NO2S/c1-3-22-8-10-7-12(14(16(20)21)9(2)19-10)11-5-4-6-13(17)15(11)18/h4-6,12H,3,7-8H2,1-2H3,(H,20,21). The van der Waals surface area contributed by atoms with Crippen molar-refractivity contribution in [1.82, 2.24) is 0 Å². The van der Waals surface area contributed by atoms with Gasteiger partial charge in [-0.25, -0.2) is 4.79 Å². The predicted molar refractivity (Wildman–Crippen MR) is 94.6 cm³/mol. The van der Waals surface area contributed by atoms with Gasteiger partial charge in [-0.1, -0.05) is 42.3 Å². The Kier molecular flexibility index (Phi) is 5.95. The summed E-state index contributed by atoms with van der Waals surface area (Å²) in [5.74, 6) is 0.532. The molecule has 2 rings (SSSR count). The minimum absolute atomic E-state index is 0.300. The summed E-state index contributed by atoms with van der Waals surface area (Å²) in [5, 5.41) is 10.4. The number of thioether (sulfide) groups is 1. The van der Waals surface area contributed by atoms with E-state index in [2.05, 4.69) is 11.9 Å². The first-order valence-electron chi connectivity index (χ1n) is 6.97. The number of hydrogen-bond acceptors (Lipinski definition) is 3. The van der Waals surface area contributed by atoms with Gasteiger partial charge in [0.25, 0.3) is 0 Å². The molecule has 0 saturated carbocycles. The Morgan fingerprint density at radius 3 is 2.82 bits per heavy atom. The van der Waals surface area contributed by atoms with E-state index >= 15 is 0 Å².